The molecule has 0 fully saturated rings. The number of benzene rings is 2. The van der Waals surface area contributed by atoms with Crippen LogP contribution in [0.15, 0.2) is 54.1 Å². The van der Waals surface area contributed by atoms with Crippen LogP contribution in [0.2, 0.25) is 5.02 Å². The van der Waals surface area contributed by atoms with Crippen molar-refractivity contribution in [1.29, 1.82) is 5.26 Å². The fraction of sp³-hybridized carbons (Fsp3) is 0.0588. The molecule has 0 unspecified atom stereocenters. The molecule has 4 nitrogen and oxygen atoms in total. The smallest absolute Gasteiger partial charge is 0.266 e. The number of anilines is 1. The van der Waals surface area contributed by atoms with Crippen molar-refractivity contribution in [3.8, 4) is 11.8 Å². The Bertz CT molecular complexity index is 746. The number of rotatable bonds is 4. The van der Waals surface area contributed by atoms with Crippen LogP contribution in [0.4, 0.5) is 5.69 Å². The quantitative estimate of drug-likeness (QED) is 0.688. The van der Waals surface area contributed by atoms with Gasteiger partial charge in [-0.05, 0) is 48.0 Å². The molecule has 0 saturated heterocycles. The molecule has 0 radical (unpaired) electrons. The van der Waals surface area contributed by atoms with Gasteiger partial charge in [-0.15, -0.1) is 0 Å². The highest BCUT2D eigenvalue weighted by Gasteiger charge is 2.09. The monoisotopic (exact) mass is 312 g/mol. The number of nitrogens with zero attached hydrogens (tertiary/aromatic N) is 1. The van der Waals surface area contributed by atoms with Crippen molar-refractivity contribution in [2.75, 3.05) is 12.4 Å². The normalized spacial score (nSPS) is 10.7. The second-order valence-electron chi connectivity index (χ2n) is 4.41. The van der Waals surface area contributed by atoms with Crippen LogP contribution in [0.25, 0.3) is 6.08 Å². The van der Waals surface area contributed by atoms with Crippen LogP contribution in [0.1, 0.15) is 5.56 Å². The molecule has 5 heteroatoms. The molecular formula is C17H13ClN2O2. The molecule has 2 aromatic rings. The van der Waals surface area contributed by atoms with E-state index in [9.17, 15) is 10.1 Å². The van der Waals surface area contributed by atoms with E-state index in [4.69, 9.17) is 16.3 Å². The van der Waals surface area contributed by atoms with Gasteiger partial charge in [0.2, 0.25) is 0 Å². The van der Waals surface area contributed by atoms with Gasteiger partial charge in [-0.25, -0.2) is 0 Å². The summed E-state index contributed by atoms with van der Waals surface area (Å²) < 4.78 is 5.11. The number of methoxy groups -OCH3 is 1. The van der Waals surface area contributed by atoms with Crippen LogP contribution in [0.3, 0.4) is 0 Å². The van der Waals surface area contributed by atoms with Crippen molar-refractivity contribution in [3.63, 3.8) is 0 Å². The topological polar surface area (TPSA) is 62.1 Å². The number of carbonyl (C=O) groups excluding carboxylic acids is 1. The lowest BCUT2D eigenvalue weighted by Gasteiger charge is -2.05. The van der Waals surface area contributed by atoms with E-state index in [1.54, 1.807) is 55.6 Å². The number of carbonyl (C=O) groups is 1. The van der Waals surface area contributed by atoms with Crippen LogP contribution in [0.5, 0.6) is 5.75 Å². The minimum Gasteiger partial charge on any atom is -0.497 e. The SMILES string of the molecule is COc1cccc(/C=C(\C#N)C(=O)Nc2ccc(Cl)cc2)c1. The summed E-state index contributed by atoms with van der Waals surface area (Å²) in [5, 5.41) is 12.4. The molecule has 0 bridgehead atoms. The maximum atomic E-state index is 12.1. The number of nitriles is 1. The highest BCUT2D eigenvalue weighted by Crippen LogP contribution is 2.17. The zero-order chi connectivity index (χ0) is 15.9. The van der Waals surface area contributed by atoms with E-state index in [0.29, 0.717) is 22.0 Å². The Balaban J connectivity index is 2.19. The lowest BCUT2D eigenvalue weighted by molar-refractivity contribution is -0.112. The number of hydrogen-bond acceptors (Lipinski definition) is 3. The third kappa shape index (κ3) is 4.11. The summed E-state index contributed by atoms with van der Waals surface area (Å²) in [5.74, 6) is 0.178. The average Bonchev–Trinajstić information content (AvgIpc) is 2.54. The minimum atomic E-state index is -0.479. The first kappa shape index (κ1) is 15.6. The van der Waals surface area contributed by atoms with Gasteiger partial charge in [-0.1, -0.05) is 23.7 Å². The summed E-state index contributed by atoms with van der Waals surface area (Å²) in [5.41, 5.74) is 1.28. The van der Waals surface area contributed by atoms with Gasteiger partial charge in [-0.2, -0.15) is 5.26 Å². The Morgan fingerprint density at radius 1 is 1.27 bits per heavy atom. The molecule has 0 atom stereocenters. The number of amides is 1. The summed E-state index contributed by atoms with van der Waals surface area (Å²) in [6, 6.07) is 15.7. The van der Waals surface area contributed by atoms with Gasteiger partial charge in [0.15, 0.2) is 0 Å². The Morgan fingerprint density at radius 2 is 2.00 bits per heavy atom. The van der Waals surface area contributed by atoms with Gasteiger partial charge in [0.05, 0.1) is 7.11 Å². The van der Waals surface area contributed by atoms with E-state index >= 15 is 0 Å². The van der Waals surface area contributed by atoms with Crippen molar-refractivity contribution < 1.29 is 9.53 Å². The Kier molecular flexibility index (Phi) is 5.18. The number of nitrogens with one attached hydrogen (secondary N) is 1. The zero-order valence-corrected chi connectivity index (χ0v) is 12.6. The Labute approximate surface area is 133 Å². The van der Waals surface area contributed by atoms with E-state index < -0.39 is 5.91 Å². The average molecular weight is 313 g/mol. The molecule has 0 saturated carbocycles. The van der Waals surface area contributed by atoms with E-state index in [-0.39, 0.29) is 5.57 Å². The summed E-state index contributed by atoms with van der Waals surface area (Å²) >= 11 is 5.79. The van der Waals surface area contributed by atoms with Gasteiger partial charge in [-0.3, -0.25) is 4.79 Å². The first-order chi connectivity index (χ1) is 10.6. The lowest BCUT2D eigenvalue weighted by atomic mass is 10.1. The first-order valence-corrected chi connectivity index (χ1v) is 6.83. The van der Waals surface area contributed by atoms with Gasteiger partial charge in [0, 0.05) is 10.7 Å². The molecule has 0 aromatic heterocycles. The molecule has 2 rings (SSSR count). The van der Waals surface area contributed by atoms with Gasteiger partial charge in [0.25, 0.3) is 5.91 Å². The molecule has 110 valence electrons. The van der Waals surface area contributed by atoms with Crippen molar-refractivity contribution >= 4 is 29.3 Å². The van der Waals surface area contributed by atoms with Crippen molar-refractivity contribution in [2.24, 2.45) is 0 Å². The fourth-order valence-electron chi connectivity index (χ4n) is 1.78. The summed E-state index contributed by atoms with van der Waals surface area (Å²) in [6.45, 7) is 0. The largest absolute Gasteiger partial charge is 0.497 e. The van der Waals surface area contributed by atoms with Gasteiger partial charge >= 0.3 is 0 Å². The predicted molar refractivity (Wildman–Crippen MR) is 86.7 cm³/mol. The maximum Gasteiger partial charge on any atom is 0.266 e. The van der Waals surface area contributed by atoms with E-state index in [1.807, 2.05) is 6.07 Å². The molecule has 1 amide bonds. The number of hydrogen-bond donors (Lipinski definition) is 1. The van der Waals surface area contributed by atoms with Crippen molar-refractivity contribution in [3.05, 3.63) is 64.7 Å². The molecule has 2 aromatic carbocycles. The second kappa shape index (κ2) is 7.30. The maximum absolute atomic E-state index is 12.1. The van der Waals surface area contributed by atoms with Gasteiger partial charge in [0.1, 0.15) is 17.4 Å². The Hall–Kier alpha value is -2.77. The van der Waals surface area contributed by atoms with Crippen molar-refractivity contribution in [2.45, 2.75) is 0 Å². The number of halogens is 1. The first-order valence-electron chi connectivity index (χ1n) is 6.45. The van der Waals surface area contributed by atoms with E-state index in [1.165, 1.54) is 6.08 Å². The molecule has 0 aliphatic rings. The molecular weight excluding hydrogens is 300 g/mol. The second-order valence-corrected chi connectivity index (χ2v) is 4.84. The molecule has 0 heterocycles. The van der Waals surface area contributed by atoms with Crippen LogP contribution in [-0.4, -0.2) is 13.0 Å². The van der Waals surface area contributed by atoms with Crippen molar-refractivity contribution in [1.82, 2.24) is 0 Å². The van der Waals surface area contributed by atoms with Crippen LogP contribution in [0, 0.1) is 11.3 Å². The minimum absolute atomic E-state index is 0.00297. The number of ether oxygens (including phenoxy) is 1. The zero-order valence-electron chi connectivity index (χ0n) is 11.8. The molecule has 0 spiro atoms. The third-order valence-corrected chi connectivity index (χ3v) is 3.12. The highest BCUT2D eigenvalue weighted by molar-refractivity contribution is 6.30. The standard InChI is InChI=1S/C17H13ClN2O2/c1-22-16-4-2-3-12(10-16)9-13(11-19)17(21)20-15-7-5-14(18)6-8-15/h2-10H,1H3,(H,20,21)/b13-9+. The molecule has 0 aliphatic carbocycles. The molecule has 22 heavy (non-hydrogen) atoms. The summed E-state index contributed by atoms with van der Waals surface area (Å²) in [7, 11) is 1.56. The Morgan fingerprint density at radius 3 is 2.64 bits per heavy atom. The van der Waals surface area contributed by atoms with Gasteiger partial charge < -0.3 is 10.1 Å². The molecule has 0 aliphatic heterocycles. The highest BCUT2D eigenvalue weighted by atomic mass is 35.5. The summed E-state index contributed by atoms with van der Waals surface area (Å²) in [6.07, 6.45) is 1.51. The van der Waals surface area contributed by atoms with E-state index in [2.05, 4.69) is 5.32 Å². The third-order valence-electron chi connectivity index (χ3n) is 2.87. The fourth-order valence-corrected chi connectivity index (χ4v) is 1.90. The van der Waals surface area contributed by atoms with Crippen LogP contribution in [-0.2, 0) is 4.79 Å². The van der Waals surface area contributed by atoms with Crippen LogP contribution >= 0.6 is 11.6 Å². The molecule has 1 N–H and O–H groups in total. The summed E-state index contributed by atoms with van der Waals surface area (Å²) in [4.78, 5) is 12.1. The van der Waals surface area contributed by atoms with Crippen LogP contribution < -0.4 is 10.1 Å². The van der Waals surface area contributed by atoms with E-state index in [0.717, 1.165) is 0 Å². The lowest BCUT2D eigenvalue weighted by Crippen LogP contribution is -2.13. The predicted octanol–water partition coefficient (Wildman–Crippen LogP) is 3.89.